The number of carbonyl (C=O) groups is 1. The van der Waals surface area contributed by atoms with Crippen LogP contribution >= 0.6 is 0 Å². The largest absolute Gasteiger partial charge is 0.469 e. The van der Waals surface area contributed by atoms with Crippen molar-refractivity contribution < 1.29 is 14.0 Å². The van der Waals surface area contributed by atoms with E-state index in [1.807, 2.05) is 0 Å². The number of esters is 1. The molecule has 4 heteroatoms. The SMILES string of the molecule is COC(=O)[C@@]1(C)CC2CCCCC[C@@]21O[Si](C)(C)C(C)(C)C. The Labute approximate surface area is 137 Å². The minimum Gasteiger partial charge on any atom is -0.469 e. The third-order valence-corrected chi connectivity index (χ3v) is 11.2. The summed E-state index contributed by atoms with van der Waals surface area (Å²) in [5, 5.41) is 0.158. The fraction of sp³-hybridized carbons (Fsp3) is 0.944. The summed E-state index contributed by atoms with van der Waals surface area (Å²) in [6, 6.07) is 0. The van der Waals surface area contributed by atoms with Crippen LogP contribution in [0.2, 0.25) is 18.1 Å². The van der Waals surface area contributed by atoms with Gasteiger partial charge < -0.3 is 9.16 Å². The second-order valence-corrected chi connectivity index (χ2v) is 13.8. The molecule has 0 spiro atoms. The van der Waals surface area contributed by atoms with Crippen LogP contribution in [0.4, 0.5) is 0 Å². The highest BCUT2D eigenvalue weighted by Crippen LogP contribution is 2.64. The van der Waals surface area contributed by atoms with Gasteiger partial charge in [-0.1, -0.05) is 40.0 Å². The normalized spacial score (nSPS) is 36.0. The van der Waals surface area contributed by atoms with Gasteiger partial charge in [0, 0.05) is 0 Å². The summed E-state index contributed by atoms with van der Waals surface area (Å²) in [5.74, 6) is 0.442. The van der Waals surface area contributed by atoms with Gasteiger partial charge in [0.2, 0.25) is 0 Å². The highest BCUT2D eigenvalue weighted by atomic mass is 28.4. The van der Waals surface area contributed by atoms with Crippen LogP contribution in [0, 0.1) is 11.3 Å². The molecule has 3 atom stereocenters. The molecule has 2 saturated carbocycles. The summed E-state index contributed by atoms with van der Waals surface area (Å²) in [7, 11) is -0.421. The quantitative estimate of drug-likeness (QED) is 0.546. The van der Waals surface area contributed by atoms with E-state index < -0.39 is 13.7 Å². The highest BCUT2D eigenvalue weighted by molar-refractivity contribution is 6.74. The van der Waals surface area contributed by atoms with E-state index in [0.29, 0.717) is 5.92 Å². The third-order valence-electron chi connectivity index (χ3n) is 6.73. The van der Waals surface area contributed by atoms with Crippen molar-refractivity contribution in [2.45, 2.75) is 90.0 Å². The van der Waals surface area contributed by atoms with E-state index in [0.717, 1.165) is 19.3 Å². The van der Waals surface area contributed by atoms with Crippen molar-refractivity contribution in [1.82, 2.24) is 0 Å². The van der Waals surface area contributed by atoms with Crippen molar-refractivity contribution in [3.05, 3.63) is 0 Å². The van der Waals surface area contributed by atoms with Crippen molar-refractivity contribution in [2.75, 3.05) is 7.11 Å². The molecule has 0 radical (unpaired) electrons. The van der Waals surface area contributed by atoms with E-state index in [4.69, 9.17) is 9.16 Å². The molecule has 0 aromatic carbocycles. The van der Waals surface area contributed by atoms with Crippen LogP contribution in [-0.4, -0.2) is 27.0 Å². The molecule has 2 aliphatic carbocycles. The number of fused-ring (bicyclic) bond motifs is 1. The molecule has 0 aliphatic heterocycles. The molecule has 2 rings (SSSR count). The molecule has 0 aromatic rings. The molecule has 128 valence electrons. The first-order valence-electron chi connectivity index (χ1n) is 8.79. The Morgan fingerprint density at radius 3 is 2.36 bits per heavy atom. The van der Waals surface area contributed by atoms with Crippen LogP contribution in [0.25, 0.3) is 0 Å². The summed E-state index contributed by atoms with van der Waals surface area (Å²) >= 11 is 0. The molecular formula is C18H34O3Si. The Morgan fingerprint density at radius 1 is 1.18 bits per heavy atom. The highest BCUT2D eigenvalue weighted by Gasteiger charge is 2.69. The second-order valence-electron chi connectivity index (χ2n) is 9.08. The lowest BCUT2D eigenvalue weighted by Crippen LogP contribution is -2.70. The molecule has 0 N–H and O–H groups in total. The van der Waals surface area contributed by atoms with Crippen molar-refractivity contribution in [3.8, 4) is 0 Å². The van der Waals surface area contributed by atoms with Crippen LogP contribution in [0.3, 0.4) is 0 Å². The smallest absolute Gasteiger partial charge is 0.314 e. The van der Waals surface area contributed by atoms with Crippen LogP contribution in [0.15, 0.2) is 0 Å². The molecule has 0 heterocycles. The molecule has 1 unspecified atom stereocenters. The van der Waals surface area contributed by atoms with Crippen molar-refractivity contribution >= 4 is 14.3 Å². The Morgan fingerprint density at radius 2 is 1.82 bits per heavy atom. The maximum atomic E-state index is 12.5. The van der Waals surface area contributed by atoms with Gasteiger partial charge in [-0.15, -0.1) is 0 Å². The predicted molar refractivity (Wildman–Crippen MR) is 92.3 cm³/mol. The lowest BCUT2D eigenvalue weighted by molar-refractivity contribution is -0.220. The number of hydrogen-bond acceptors (Lipinski definition) is 3. The van der Waals surface area contributed by atoms with E-state index in [1.54, 1.807) is 0 Å². The minimum atomic E-state index is -1.93. The maximum Gasteiger partial charge on any atom is 0.314 e. The predicted octanol–water partition coefficient (Wildman–Crippen LogP) is 4.91. The molecule has 0 amide bonds. The van der Waals surface area contributed by atoms with Gasteiger partial charge in [0.15, 0.2) is 8.32 Å². The number of methoxy groups -OCH3 is 1. The van der Waals surface area contributed by atoms with Gasteiger partial charge in [-0.25, -0.2) is 0 Å². The van der Waals surface area contributed by atoms with Crippen LogP contribution in [-0.2, 0) is 14.0 Å². The summed E-state index contributed by atoms with van der Waals surface area (Å²) in [6.45, 7) is 13.5. The zero-order valence-corrected chi connectivity index (χ0v) is 16.5. The Bertz CT molecular complexity index is 440. The van der Waals surface area contributed by atoms with E-state index in [2.05, 4.69) is 40.8 Å². The first-order valence-corrected chi connectivity index (χ1v) is 11.7. The maximum absolute atomic E-state index is 12.5. The Balaban J connectivity index is 2.39. The van der Waals surface area contributed by atoms with Crippen LogP contribution in [0.5, 0.6) is 0 Å². The van der Waals surface area contributed by atoms with E-state index in [1.165, 1.54) is 26.4 Å². The van der Waals surface area contributed by atoms with E-state index in [9.17, 15) is 4.79 Å². The van der Waals surface area contributed by atoms with Crippen molar-refractivity contribution in [2.24, 2.45) is 11.3 Å². The zero-order valence-electron chi connectivity index (χ0n) is 15.5. The number of hydrogen-bond donors (Lipinski definition) is 0. The topological polar surface area (TPSA) is 35.5 Å². The molecule has 3 nitrogen and oxygen atoms in total. The monoisotopic (exact) mass is 326 g/mol. The van der Waals surface area contributed by atoms with Crippen LogP contribution in [0.1, 0.15) is 66.2 Å². The lowest BCUT2D eigenvalue weighted by Gasteiger charge is -2.64. The van der Waals surface area contributed by atoms with Gasteiger partial charge in [-0.05, 0) is 50.2 Å². The summed E-state index contributed by atoms with van der Waals surface area (Å²) in [4.78, 5) is 12.5. The third kappa shape index (κ3) is 2.56. The molecular weight excluding hydrogens is 292 g/mol. The van der Waals surface area contributed by atoms with Gasteiger partial charge >= 0.3 is 5.97 Å². The second kappa shape index (κ2) is 5.62. The first-order chi connectivity index (χ1) is 10.0. The fourth-order valence-electron chi connectivity index (χ4n) is 4.26. The van der Waals surface area contributed by atoms with E-state index in [-0.39, 0.29) is 16.6 Å². The number of ether oxygens (including phenoxy) is 1. The Kier molecular flexibility index (Phi) is 4.60. The summed E-state index contributed by atoms with van der Waals surface area (Å²) in [5.41, 5.74) is -0.758. The zero-order chi connectivity index (χ0) is 16.8. The molecule has 2 aliphatic rings. The molecule has 0 saturated heterocycles. The Hall–Kier alpha value is -0.353. The van der Waals surface area contributed by atoms with Gasteiger partial charge in [-0.3, -0.25) is 4.79 Å². The van der Waals surface area contributed by atoms with Gasteiger partial charge in [-0.2, -0.15) is 0 Å². The fourth-order valence-corrected chi connectivity index (χ4v) is 5.97. The molecule has 0 bridgehead atoms. The molecule has 2 fully saturated rings. The molecule has 0 aromatic heterocycles. The average molecular weight is 327 g/mol. The van der Waals surface area contributed by atoms with Gasteiger partial charge in [0.25, 0.3) is 0 Å². The van der Waals surface area contributed by atoms with Gasteiger partial charge in [0.1, 0.15) is 0 Å². The standard InChI is InChI=1S/C18H34O3Si/c1-16(2,3)22(6,7)21-18-12-10-8-9-11-14(18)13-17(18,4)15(19)20-5/h14H,8-13H2,1-7H3/t14?,17-,18-/m1/s1. The van der Waals surface area contributed by atoms with Crippen LogP contribution < -0.4 is 0 Å². The van der Waals surface area contributed by atoms with Crippen molar-refractivity contribution in [1.29, 1.82) is 0 Å². The van der Waals surface area contributed by atoms with Gasteiger partial charge in [0.05, 0.1) is 18.1 Å². The lowest BCUT2D eigenvalue weighted by atomic mass is 9.49. The number of rotatable bonds is 3. The van der Waals surface area contributed by atoms with E-state index >= 15 is 0 Å². The van der Waals surface area contributed by atoms with Crippen molar-refractivity contribution in [3.63, 3.8) is 0 Å². The molecule has 22 heavy (non-hydrogen) atoms. The summed E-state index contributed by atoms with van der Waals surface area (Å²) < 4.78 is 12.2. The first kappa shape index (κ1) is 18.0. The average Bonchev–Trinajstić information content (AvgIpc) is 2.56. The number of carbonyl (C=O) groups excluding carboxylic acids is 1. The minimum absolute atomic E-state index is 0.0793. The summed E-state index contributed by atoms with van der Waals surface area (Å²) in [6.07, 6.45) is 6.82.